The predicted molar refractivity (Wildman–Crippen MR) is 147 cm³/mol. The summed E-state index contributed by atoms with van der Waals surface area (Å²) in [6.07, 6.45) is -9.04. The Morgan fingerprint density at radius 1 is 0.929 bits per heavy atom. The van der Waals surface area contributed by atoms with E-state index in [1.807, 2.05) is 0 Å². The van der Waals surface area contributed by atoms with Gasteiger partial charge in [0.05, 0.1) is 26.3 Å². The Kier molecular flexibility index (Phi) is 12.8. The fraction of sp³-hybridized carbons (Fsp3) is 0.464. The molecule has 1 aliphatic heterocycles. The van der Waals surface area contributed by atoms with Gasteiger partial charge in [-0.25, -0.2) is 0 Å². The Hall–Kier alpha value is -3.47. The molecular weight excluding hydrogens is 556 g/mol. The Morgan fingerprint density at radius 2 is 1.50 bits per heavy atom. The molecule has 42 heavy (non-hydrogen) atoms. The minimum Gasteiger partial charge on any atom is -0.507 e. The van der Waals surface area contributed by atoms with Gasteiger partial charge in [0.15, 0.2) is 18.7 Å². The molecule has 1 saturated heterocycles. The molecule has 0 saturated carbocycles. The summed E-state index contributed by atoms with van der Waals surface area (Å²) in [6.45, 7) is -0.846. The number of benzene rings is 2. The third-order valence-electron chi connectivity index (χ3n) is 6.24. The lowest BCUT2D eigenvalue weighted by Gasteiger charge is -2.42. The molecule has 230 valence electrons. The number of ether oxygens (including phenoxy) is 4. The highest BCUT2D eigenvalue weighted by atomic mass is 16.7. The number of aliphatic imine (C=N–C) groups is 2. The van der Waals surface area contributed by atoms with Crippen LogP contribution in [-0.4, -0.2) is 130 Å². The first kappa shape index (κ1) is 33.0. The van der Waals surface area contributed by atoms with E-state index in [1.165, 1.54) is 24.6 Å². The van der Waals surface area contributed by atoms with Crippen molar-refractivity contribution in [3.8, 4) is 11.5 Å². The molecule has 2 aromatic rings. The van der Waals surface area contributed by atoms with Crippen LogP contribution in [-0.2, 0) is 23.7 Å². The fourth-order valence-corrected chi connectivity index (χ4v) is 4.10. The van der Waals surface area contributed by atoms with Gasteiger partial charge >= 0.3 is 5.97 Å². The van der Waals surface area contributed by atoms with Gasteiger partial charge in [-0.05, 0) is 24.3 Å². The Labute approximate surface area is 241 Å². The van der Waals surface area contributed by atoms with Crippen LogP contribution < -0.4 is 0 Å². The zero-order chi connectivity index (χ0) is 30.6. The molecule has 0 aliphatic carbocycles. The molecule has 0 bridgehead atoms. The topological polar surface area (TPSA) is 220 Å². The molecule has 0 aromatic heterocycles. The lowest BCUT2D eigenvalue weighted by atomic mass is 9.99. The van der Waals surface area contributed by atoms with E-state index < -0.39 is 68.4 Å². The standard InChI is InChI=1S/C28H36N2O12/c1-16(33)39-27-25(37)23(15-32)42-28(26(27)38)41-21(12-29-10-17-6-2-4-8-19(17)34)22(14-31)40-24(36)13-30-11-18-7-3-5-9-20(18)35/h2-11,21-28,31-32,34-38H,12-15H2,1H3/t21-,22+,23-,24-,25-,26+,27+,28-/m0/s1. The monoisotopic (exact) mass is 592 g/mol. The molecule has 0 spiro atoms. The van der Waals surface area contributed by atoms with Crippen molar-refractivity contribution < 1.29 is 59.5 Å². The van der Waals surface area contributed by atoms with E-state index in [0.717, 1.165) is 6.92 Å². The minimum absolute atomic E-state index is 0.00919. The molecule has 8 atom stereocenters. The SMILES string of the molecule is CC(=O)O[C@@H]1[C@@H](O)[C@H](CO)O[C@H](O[C@@H](CN=Cc2ccccc2O)[C@@H](CO)O[C@H](O)CN=Cc2ccccc2O)[C@@H]1O. The van der Waals surface area contributed by atoms with E-state index in [4.69, 9.17) is 18.9 Å². The quantitative estimate of drug-likeness (QED) is 0.0805. The lowest BCUT2D eigenvalue weighted by molar-refractivity contribution is -0.322. The second kappa shape index (κ2) is 16.2. The zero-order valence-corrected chi connectivity index (χ0v) is 22.8. The number of phenolic OH excluding ortho intramolecular Hbond substituents is 2. The summed E-state index contributed by atoms with van der Waals surface area (Å²) < 4.78 is 22.0. The van der Waals surface area contributed by atoms with Gasteiger partial charge in [0, 0.05) is 30.5 Å². The average Bonchev–Trinajstić information content (AvgIpc) is 2.96. The van der Waals surface area contributed by atoms with Crippen LogP contribution in [0.2, 0.25) is 0 Å². The van der Waals surface area contributed by atoms with Crippen LogP contribution in [0.15, 0.2) is 58.5 Å². The Bertz CT molecular complexity index is 1190. The van der Waals surface area contributed by atoms with Crippen LogP contribution in [0.4, 0.5) is 0 Å². The minimum atomic E-state index is -1.72. The second-order valence-corrected chi connectivity index (χ2v) is 9.37. The van der Waals surface area contributed by atoms with E-state index in [2.05, 4.69) is 9.98 Å². The number of carbonyl (C=O) groups excluding carboxylic acids is 1. The highest BCUT2D eigenvalue weighted by Crippen LogP contribution is 2.27. The van der Waals surface area contributed by atoms with Gasteiger partial charge in [-0.2, -0.15) is 0 Å². The summed E-state index contributed by atoms with van der Waals surface area (Å²) in [5.74, 6) is -0.852. The van der Waals surface area contributed by atoms with Gasteiger partial charge in [-0.1, -0.05) is 24.3 Å². The molecule has 0 radical (unpaired) electrons. The maximum absolute atomic E-state index is 11.6. The first-order valence-electron chi connectivity index (χ1n) is 13.1. The van der Waals surface area contributed by atoms with Crippen LogP contribution >= 0.6 is 0 Å². The first-order chi connectivity index (χ1) is 20.1. The number of para-hydroxylation sites is 2. The van der Waals surface area contributed by atoms with Crippen LogP contribution in [0.5, 0.6) is 11.5 Å². The maximum atomic E-state index is 11.6. The summed E-state index contributed by atoms with van der Waals surface area (Å²) in [5.41, 5.74) is 0.790. The lowest BCUT2D eigenvalue weighted by Crippen LogP contribution is -2.61. The molecule has 1 aliphatic rings. The molecule has 0 unspecified atom stereocenters. The van der Waals surface area contributed by atoms with Crippen molar-refractivity contribution in [1.29, 1.82) is 0 Å². The second-order valence-electron chi connectivity index (χ2n) is 9.37. The van der Waals surface area contributed by atoms with Gasteiger partial charge in [0.25, 0.3) is 0 Å². The zero-order valence-electron chi connectivity index (χ0n) is 22.8. The van der Waals surface area contributed by atoms with Gasteiger partial charge in [0.2, 0.25) is 0 Å². The first-order valence-corrected chi connectivity index (χ1v) is 13.1. The van der Waals surface area contributed by atoms with E-state index in [1.54, 1.807) is 36.4 Å². The number of hydrogen-bond acceptors (Lipinski definition) is 14. The molecule has 7 N–H and O–H groups in total. The summed E-state index contributed by atoms with van der Waals surface area (Å²) in [7, 11) is 0. The van der Waals surface area contributed by atoms with Crippen LogP contribution in [0.25, 0.3) is 0 Å². The largest absolute Gasteiger partial charge is 0.507 e. The van der Waals surface area contributed by atoms with Crippen molar-refractivity contribution in [2.24, 2.45) is 9.98 Å². The summed E-state index contributed by atoms with van der Waals surface area (Å²) in [4.78, 5) is 19.9. The summed E-state index contributed by atoms with van der Waals surface area (Å²) >= 11 is 0. The van der Waals surface area contributed by atoms with E-state index in [9.17, 15) is 40.5 Å². The number of esters is 1. The van der Waals surface area contributed by atoms with Crippen molar-refractivity contribution >= 4 is 18.4 Å². The molecule has 14 nitrogen and oxygen atoms in total. The Balaban J connectivity index is 1.78. The van der Waals surface area contributed by atoms with E-state index in [-0.39, 0.29) is 24.6 Å². The normalized spacial score (nSPS) is 25.0. The fourth-order valence-electron chi connectivity index (χ4n) is 4.10. The van der Waals surface area contributed by atoms with Crippen molar-refractivity contribution in [2.45, 2.75) is 56.1 Å². The molecule has 1 heterocycles. The third kappa shape index (κ3) is 9.27. The van der Waals surface area contributed by atoms with Crippen molar-refractivity contribution in [2.75, 3.05) is 26.3 Å². The summed E-state index contributed by atoms with van der Waals surface area (Å²) in [5, 5.41) is 71.3. The number of aromatic hydroxyl groups is 2. The molecule has 0 amide bonds. The number of nitrogens with zero attached hydrogens (tertiary/aromatic N) is 2. The van der Waals surface area contributed by atoms with Crippen LogP contribution in [0.1, 0.15) is 18.1 Å². The number of carbonyl (C=O) groups is 1. The van der Waals surface area contributed by atoms with Crippen molar-refractivity contribution in [1.82, 2.24) is 0 Å². The predicted octanol–water partition coefficient (Wildman–Crippen LogP) is -0.912. The molecule has 14 heteroatoms. The van der Waals surface area contributed by atoms with Gasteiger partial charge in [0.1, 0.15) is 42.0 Å². The van der Waals surface area contributed by atoms with Gasteiger partial charge < -0.3 is 54.7 Å². The van der Waals surface area contributed by atoms with Gasteiger partial charge in [-0.3, -0.25) is 14.8 Å². The maximum Gasteiger partial charge on any atom is 0.303 e. The van der Waals surface area contributed by atoms with Crippen LogP contribution in [0, 0.1) is 0 Å². The third-order valence-corrected chi connectivity index (χ3v) is 6.24. The highest BCUT2D eigenvalue weighted by molar-refractivity contribution is 5.83. The molecule has 2 aromatic carbocycles. The number of phenols is 2. The molecular formula is C28H36N2O12. The number of aliphatic hydroxyl groups is 5. The van der Waals surface area contributed by atoms with Crippen LogP contribution in [0.3, 0.4) is 0 Å². The van der Waals surface area contributed by atoms with Crippen molar-refractivity contribution in [3.63, 3.8) is 0 Å². The molecule has 3 rings (SSSR count). The summed E-state index contributed by atoms with van der Waals surface area (Å²) in [6, 6.07) is 12.8. The van der Waals surface area contributed by atoms with E-state index in [0.29, 0.717) is 11.1 Å². The highest BCUT2D eigenvalue weighted by Gasteiger charge is 2.48. The van der Waals surface area contributed by atoms with E-state index >= 15 is 0 Å². The number of rotatable bonds is 14. The average molecular weight is 593 g/mol. The Morgan fingerprint density at radius 3 is 2.02 bits per heavy atom. The number of aliphatic hydroxyl groups excluding tert-OH is 5. The number of hydrogen-bond donors (Lipinski definition) is 7. The van der Waals surface area contributed by atoms with Gasteiger partial charge in [-0.15, -0.1) is 0 Å². The van der Waals surface area contributed by atoms with Crippen molar-refractivity contribution in [3.05, 3.63) is 59.7 Å². The molecule has 1 fully saturated rings. The smallest absolute Gasteiger partial charge is 0.303 e.